The molecule has 74 valence electrons. The van der Waals surface area contributed by atoms with E-state index in [1.165, 1.54) is 5.56 Å². The van der Waals surface area contributed by atoms with Crippen LogP contribution in [-0.2, 0) is 4.79 Å². The van der Waals surface area contributed by atoms with Crippen LogP contribution in [-0.4, -0.2) is 28.6 Å². The van der Waals surface area contributed by atoms with E-state index in [-0.39, 0.29) is 12.1 Å². The maximum absolute atomic E-state index is 10.7. The molecule has 1 aromatic rings. The summed E-state index contributed by atoms with van der Waals surface area (Å²) in [5.74, 6) is -0.715. The van der Waals surface area contributed by atoms with Crippen LogP contribution in [0.15, 0.2) is 30.3 Å². The Morgan fingerprint density at radius 2 is 2.14 bits per heavy atom. The summed E-state index contributed by atoms with van der Waals surface area (Å²) in [5, 5.41) is 8.78. The van der Waals surface area contributed by atoms with Crippen molar-refractivity contribution >= 4 is 5.97 Å². The summed E-state index contributed by atoms with van der Waals surface area (Å²) in [6, 6.07) is 9.91. The molecule has 0 amide bonds. The zero-order chi connectivity index (χ0) is 10.1. The van der Waals surface area contributed by atoms with Gasteiger partial charge in [-0.3, -0.25) is 9.69 Å². The molecule has 0 saturated carbocycles. The lowest BCUT2D eigenvalue weighted by molar-refractivity contribution is -0.137. The van der Waals surface area contributed by atoms with Crippen LogP contribution < -0.4 is 0 Å². The molecule has 1 fully saturated rings. The number of benzene rings is 1. The fourth-order valence-corrected chi connectivity index (χ4v) is 1.72. The van der Waals surface area contributed by atoms with Gasteiger partial charge in [0.15, 0.2) is 0 Å². The van der Waals surface area contributed by atoms with Crippen LogP contribution in [0.25, 0.3) is 0 Å². The fraction of sp³-hybridized carbons (Fsp3) is 0.364. The molecule has 14 heavy (non-hydrogen) atoms. The van der Waals surface area contributed by atoms with Crippen LogP contribution in [0.5, 0.6) is 0 Å². The fourth-order valence-electron chi connectivity index (χ4n) is 1.72. The Morgan fingerprint density at radius 1 is 1.50 bits per heavy atom. The molecule has 0 radical (unpaired) electrons. The van der Waals surface area contributed by atoms with Crippen molar-refractivity contribution in [3.63, 3.8) is 0 Å². The highest BCUT2D eigenvalue weighted by Crippen LogP contribution is 2.31. The molecule has 3 atom stereocenters. The van der Waals surface area contributed by atoms with Gasteiger partial charge in [0.25, 0.3) is 0 Å². The monoisotopic (exact) mass is 191 g/mol. The van der Waals surface area contributed by atoms with Crippen LogP contribution in [0.3, 0.4) is 0 Å². The van der Waals surface area contributed by atoms with Crippen LogP contribution in [0.1, 0.15) is 18.5 Å². The summed E-state index contributed by atoms with van der Waals surface area (Å²) < 4.78 is 0. The third-order valence-corrected chi connectivity index (χ3v) is 2.72. The minimum Gasteiger partial charge on any atom is -0.480 e. The number of hydrogen-bond acceptors (Lipinski definition) is 2. The maximum Gasteiger partial charge on any atom is 0.322 e. The number of carboxylic acid groups (broad SMARTS) is 1. The molecule has 1 aliphatic rings. The van der Waals surface area contributed by atoms with E-state index in [4.69, 9.17) is 5.11 Å². The molecule has 1 aromatic carbocycles. The molecule has 1 saturated heterocycles. The first-order chi connectivity index (χ1) is 6.70. The molecular formula is C11H13NO2. The minimum atomic E-state index is -0.715. The third-order valence-electron chi connectivity index (χ3n) is 2.72. The van der Waals surface area contributed by atoms with Crippen molar-refractivity contribution < 1.29 is 9.90 Å². The Bertz CT molecular complexity index is 336. The Morgan fingerprint density at radius 3 is 2.64 bits per heavy atom. The van der Waals surface area contributed by atoms with Crippen molar-refractivity contribution in [2.24, 2.45) is 0 Å². The van der Waals surface area contributed by atoms with Gasteiger partial charge in [-0.2, -0.15) is 0 Å². The summed E-state index contributed by atoms with van der Waals surface area (Å²) in [6.45, 7) is 2.71. The van der Waals surface area contributed by atoms with Crippen LogP contribution in [0.2, 0.25) is 0 Å². The second kappa shape index (κ2) is 3.42. The molecule has 1 unspecified atom stereocenters. The van der Waals surface area contributed by atoms with E-state index in [2.05, 4.69) is 0 Å². The number of hydrogen-bond donors (Lipinski definition) is 1. The van der Waals surface area contributed by atoms with Crippen LogP contribution >= 0.6 is 0 Å². The summed E-state index contributed by atoms with van der Waals surface area (Å²) in [6.07, 6.45) is 0. The van der Waals surface area contributed by atoms with Gasteiger partial charge in [0.2, 0.25) is 0 Å². The van der Waals surface area contributed by atoms with E-state index < -0.39 is 5.97 Å². The summed E-state index contributed by atoms with van der Waals surface area (Å²) in [7, 11) is 0. The predicted molar refractivity (Wildman–Crippen MR) is 53.0 cm³/mol. The van der Waals surface area contributed by atoms with E-state index in [0.717, 1.165) is 0 Å². The van der Waals surface area contributed by atoms with Gasteiger partial charge < -0.3 is 5.11 Å². The SMILES string of the molecule is C[C@@H](c1ccccc1)N1C[C@H]1C(=O)O. The highest BCUT2D eigenvalue weighted by Gasteiger charge is 2.43. The smallest absolute Gasteiger partial charge is 0.322 e. The lowest BCUT2D eigenvalue weighted by Gasteiger charge is -2.12. The molecule has 0 spiro atoms. The van der Waals surface area contributed by atoms with Gasteiger partial charge in [-0.1, -0.05) is 30.3 Å². The van der Waals surface area contributed by atoms with E-state index in [9.17, 15) is 4.79 Å². The number of carboxylic acids is 1. The third kappa shape index (κ3) is 1.63. The maximum atomic E-state index is 10.7. The Balaban J connectivity index is 2.05. The van der Waals surface area contributed by atoms with E-state index in [0.29, 0.717) is 6.54 Å². The molecule has 0 aromatic heterocycles. The molecular weight excluding hydrogens is 178 g/mol. The zero-order valence-corrected chi connectivity index (χ0v) is 8.05. The van der Waals surface area contributed by atoms with Gasteiger partial charge in [0.1, 0.15) is 6.04 Å². The van der Waals surface area contributed by atoms with Gasteiger partial charge in [-0.15, -0.1) is 0 Å². The van der Waals surface area contributed by atoms with Crippen molar-refractivity contribution in [1.82, 2.24) is 4.90 Å². The number of nitrogens with zero attached hydrogens (tertiary/aromatic N) is 1. The van der Waals surface area contributed by atoms with Crippen molar-refractivity contribution in [2.75, 3.05) is 6.54 Å². The summed E-state index contributed by atoms with van der Waals surface area (Å²) in [5.41, 5.74) is 1.18. The average molecular weight is 191 g/mol. The standard InChI is InChI=1S/C11H13NO2/c1-8(9-5-3-2-4-6-9)12-7-10(12)11(13)14/h2-6,8,10H,7H2,1H3,(H,13,14)/t8-,10-,12?/m0/s1. The molecule has 1 heterocycles. The van der Waals surface area contributed by atoms with Crippen LogP contribution in [0, 0.1) is 0 Å². The van der Waals surface area contributed by atoms with Crippen LogP contribution in [0.4, 0.5) is 0 Å². The molecule has 1 N–H and O–H groups in total. The minimum absolute atomic E-state index is 0.206. The zero-order valence-electron chi connectivity index (χ0n) is 8.05. The van der Waals surface area contributed by atoms with Crippen molar-refractivity contribution in [2.45, 2.75) is 19.0 Å². The van der Waals surface area contributed by atoms with E-state index in [1.807, 2.05) is 42.2 Å². The Kier molecular flexibility index (Phi) is 2.25. The Labute approximate surface area is 83.0 Å². The van der Waals surface area contributed by atoms with Gasteiger partial charge in [0.05, 0.1) is 0 Å². The first-order valence-electron chi connectivity index (χ1n) is 4.73. The second-order valence-electron chi connectivity index (χ2n) is 3.64. The molecule has 3 nitrogen and oxygen atoms in total. The first kappa shape index (κ1) is 9.21. The number of rotatable bonds is 3. The molecule has 2 rings (SSSR count). The summed E-state index contributed by atoms with van der Waals surface area (Å²) in [4.78, 5) is 12.6. The quantitative estimate of drug-likeness (QED) is 0.736. The highest BCUT2D eigenvalue weighted by molar-refractivity contribution is 5.77. The summed E-state index contributed by atoms with van der Waals surface area (Å²) >= 11 is 0. The van der Waals surface area contributed by atoms with Gasteiger partial charge in [0, 0.05) is 12.6 Å². The average Bonchev–Trinajstić information content (AvgIpc) is 2.97. The normalized spacial score (nSPS) is 26.9. The topological polar surface area (TPSA) is 40.3 Å². The molecule has 1 aliphatic heterocycles. The van der Waals surface area contributed by atoms with Gasteiger partial charge >= 0.3 is 5.97 Å². The largest absolute Gasteiger partial charge is 0.480 e. The number of carbonyl (C=O) groups is 1. The van der Waals surface area contributed by atoms with E-state index >= 15 is 0 Å². The van der Waals surface area contributed by atoms with Gasteiger partial charge in [-0.05, 0) is 12.5 Å². The lowest BCUT2D eigenvalue weighted by atomic mass is 10.1. The molecule has 0 bridgehead atoms. The van der Waals surface area contributed by atoms with Crippen molar-refractivity contribution in [1.29, 1.82) is 0 Å². The lowest BCUT2D eigenvalue weighted by Crippen LogP contribution is -2.14. The molecule has 3 heteroatoms. The molecule has 0 aliphatic carbocycles. The van der Waals surface area contributed by atoms with E-state index in [1.54, 1.807) is 0 Å². The van der Waals surface area contributed by atoms with Gasteiger partial charge in [-0.25, -0.2) is 0 Å². The number of aliphatic carboxylic acids is 1. The first-order valence-corrected chi connectivity index (χ1v) is 4.73. The van der Waals surface area contributed by atoms with Crippen molar-refractivity contribution in [3.05, 3.63) is 35.9 Å². The Hall–Kier alpha value is -1.35. The predicted octanol–water partition coefficient (Wildman–Crippen LogP) is 1.52. The second-order valence-corrected chi connectivity index (χ2v) is 3.64. The highest BCUT2D eigenvalue weighted by atomic mass is 16.4. The van der Waals surface area contributed by atoms with Crippen molar-refractivity contribution in [3.8, 4) is 0 Å².